The SMILES string of the molecule is CCOC(=O)[C@H](Cc1ccccc1)NC(=O)OC[n+]1cccc(C(=O)NCCO[N+](=O)[O-])c1. The van der Waals surface area contributed by atoms with E-state index in [-0.39, 0.29) is 38.5 Å². The maximum absolute atomic E-state index is 12.3. The Morgan fingerprint density at radius 2 is 1.88 bits per heavy atom. The minimum absolute atomic E-state index is 0.0513. The second-order valence-electron chi connectivity index (χ2n) is 6.62. The maximum atomic E-state index is 12.3. The van der Waals surface area contributed by atoms with Crippen LogP contribution in [-0.2, 0) is 32.3 Å². The Balaban J connectivity index is 1.90. The molecule has 1 heterocycles. The van der Waals surface area contributed by atoms with Crippen LogP contribution >= 0.6 is 0 Å². The quantitative estimate of drug-likeness (QED) is 0.155. The summed E-state index contributed by atoms with van der Waals surface area (Å²) in [5, 5.41) is 14.1. The van der Waals surface area contributed by atoms with Crippen LogP contribution < -0.4 is 15.2 Å². The molecule has 2 rings (SSSR count). The molecule has 1 aromatic carbocycles. The molecule has 0 bridgehead atoms. The van der Waals surface area contributed by atoms with Crippen LogP contribution in [0.25, 0.3) is 0 Å². The van der Waals surface area contributed by atoms with Crippen LogP contribution in [0.15, 0.2) is 54.9 Å². The molecule has 12 heteroatoms. The Morgan fingerprint density at radius 1 is 1.12 bits per heavy atom. The first-order chi connectivity index (χ1) is 15.9. The standard InChI is InChI=1S/C21H24N4O8/c1-2-31-20(27)18(13-16-7-4-3-5-8-16)23-21(28)32-15-24-11-6-9-17(14-24)19(26)22-10-12-33-25(29)30/h3-9,11,14,18H,2,10,12-13,15H2,1H3,(H-,22,23,26,28)/p+1/t18-/m0/s1. The predicted molar refractivity (Wildman–Crippen MR) is 112 cm³/mol. The number of amides is 2. The van der Waals surface area contributed by atoms with Gasteiger partial charge in [-0.15, -0.1) is 10.1 Å². The van der Waals surface area contributed by atoms with E-state index in [4.69, 9.17) is 9.47 Å². The van der Waals surface area contributed by atoms with Crippen molar-refractivity contribution in [2.45, 2.75) is 26.1 Å². The molecular formula is C21H25N4O8+. The average Bonchev–Trinajstić information content (AvgIpc) is 2.81. The van der Waals surface area contributed by atoms with Gasteiger partial charge in [-0.25, -0.2) is 9.59 Å². The molecule has 2 aromatic rings. The van der Waals surface area contributed by atoms with Gasteiger partial charge in [0, 0.05) is 19.0 Å². The number of esters is 1. The van der Waals surface area contributed by atoms with Crippen molar-refractivity contribution in [2.24, 2.45) is 0 Å². The highest BCUT2D eigenvalue weighted by molar-refractivity contribution is 5.93. The van der Waals surface area contributed by atoms with E-state index in [1.165, 1.54) is 16.8 Å². The second kappa shape index (κ2) is 13.2. The number of hydrogen-bond acceptors (Lipinski definition) is 8. The van der Waals surface area contributed by atoms with Crippen molar-refractivity contribution in [3.63, 3.8) is 0 Å². The van der Waals surface area contributed by atoms with E-state index in [0.717, 1.165) is 5.56 Å². The fraction of sp³-hybridized carbons (Fsp3) is 0.333. The van der Waals surface area contributed by atoms with Crippen LogP contribution in [0.4, 0.5) is 4.79 Å². The van der Waals surface area contributed by atoms with E-state index in [0.29, 0.717) is 0 Å². The smallest absolute Gasteiger partial charge is 0.412 e. The average molecular weight is 461 g/mol. The summed E-state index contributed by atoms with van der Waals surface area (Å²) in [6.45, 7) is 1.29. The zero-order chi connectivity index (χ0) is 24.1. The molecule has 1 atom stereocenters. The lowest BCUT2D eigenvalue weighted by Crippen LogP contribution is -2.46. The van der Waals surface area contributed by atoms with Crippen molar-refractivity contribution in [1.29, 1.82) is 0 Å². The molecule has 0 radical (unpaired) electrons. The number of carbonyl (C=O) groups excluding carboxylic acids is 3. The minimum Gasteiger partial charge on any atom is -0.464 e. The van der Waals surface area contributed by atoms with E-state index in [1.807, 2.05) is 30.3 Å². The molecule has 0 aliphatic heterocycles. The molecule has 0 unspecified atom stereocenters. The van der Waals surface area contributed by atoms with Crippen LogP contribution in [0.5, 0.6) is 0 Å². The summed E-state index contributed by atoms with van der Waals surface area (Å²) < 4.78 is 11.6. The number of alkyl carbamates (subject to hydrolysis) is 1. The van der Waals surface area contributed by atoms with Crippen LogP contribution in [0, 0.1) is 10.1 Å². The van der Waals surface area contributed by atoms with Gasteiger partial charge in [0.2, 0.25) is 0 Å². The number of benzene rings is 1. The molecule has 33 heavy (non-hydrogen) atoms. The van der Waals surface area contributed by atoms with Crippen molar-refractivity contribution in [2.75, 3.05) is 19.8 Å². The van der Waals surface area contributed by atoms with Crippen LogP contribution in [0.3, 0.4) is 0 Å². The summed E-state index contributed by atoms with van der Waals surface area (Å²) in [6.07, 6.45) is 2.41. The lowest BCUT2D eigenvalue weighted by Gasteiger charge is -2.16. The maximum Gasteiger partial charge on any atom is 0.412 e. The molecule has 0 fully saturated rings. The zero-order valence-electron chi connectivity index (χ0n) is 18.0. The predicted octanol–water partition coefficient (Wildman–Crippen LogP) is 0.770. The van der Waals surface area contributed by atoms with E-state index >= 15 is 0 Å². The number of ether oxygens (including phenoxy) is 2. The fourth-order valence-electron chi connectivity index (χ4n) is 2.73. The summed E-state index contributed by atoms with van der Waals surface area (Å²) >= 11 is 0. The molecule has 2 N–H and O–H groups in total. The van der Waals surface area contributed by atoms with Crippen molar-refractivity contribution in [3.8, 4) is 0 Å². The van der Waals surface area contributed by atoms with Gasteiger partial charge in [-0.05, 0) is 18.6 Å². The number of carbonyl (C=O) groups is 3. The van der Waals surface area contributed by atoms with Gasteiger partial charge in [0.25, 0.3) is 17.7 Å². The van der Waals surface area contributed by atoms with Gasteiger partial charge < -0.3 is 24.9 Å². The number of nitrogens with zero attached hydrogens (tertiary/aromatic N) is 2. The molecule has 12 nitrogen and oxygen atoms in total. The molecule has 0 saturated carbocycles. The summed E-state index contributed by atoms with van der Waals surface area (Å²) in [7, 11) is 0. The van der Waals surface area contributed by atoms with Crippen molar-refractivity contribution in [3.05, 3.63) is 76.1 Å². The first-order valence-electron chi connectivity index (χ1n) is 10.1. The number of aromatic nitrogens is 1. The Morgan fingerprint density at radius 3 is 2.58 bits per heavy atom. The lowest BCUT2D eigenvalue weighted by molar-refractivity contribution is -0.757. The molecule has 1 aromatic heterocycles. The van der Waals surface area contributed by atoms with Crippen LogP contribution in [0.2, 0.25) is 0 Å². The van der Waals surface area contributed by atoms with Gasteiger partial charge in [0.1, 0.15) is 18.2 Å². The van der Waals surface area contributed by atoms with E-state index in [9.17, 15) is 24.5 Å². The van der Waals surface area contributed by atoms with E-state index in [2.05, 4.69) is 15.5 Å². The van der Waals surface area contributed by atoms with Gasteiger partial charge in [-0.2, -0.15) is 4.57 Å². The first kappa shape index (κ1) is 25.0. The third-order valence-electron chi connectivity index (χ3n) is 4.20. The molecule has 0 saturated heterocycles. The summed E-state index contributed by atoms with van der Waals surface area (Å²) in [5.74, 6) is -1.06. The molecule has 2 amide bonds. The van der Waals surface area contributed by atoms with Crippen LogP contribution in [-0.4, -0.2) is 48.9 Å². The topological polar surface area (TPSA) is 150 Å². The molecule has 176 valence electrons. The highest BCUT2D eigenvalue weighted by Gasteiger charge is 2.24. The van der Waals surface area contributed by atoms with Crippen molar-refractivity contribution >= 4 is 18.0 Å². The van der Waals surface area contributed by atoms with Crippen molar-refractivity contribution < 1.29 is 38.3 Å². The molecular weight excluding hydrogens is 436 g/mol. The van der Waals surface area contributed by atoms with Gasteiger partial charge in [-0.3, -0.25) is 4.79 Å². The zero-order valence-corrected chi connectivity index (χ0v) is 18.0. The number of nitrogens with one attached hydrogen (secondary N) is 2. The number of rotatable bonds is 12. The fourth-order valence-corrected chi connectivity index (χ4v) is 2.73. The molecule has 0 aliphatic carbocycles. The van der Waals surface area contributed by atoms with E-state index in [1.54, 1.807) is 19.2 Å². The third kappa shape index (κ3) is 9.21. The number of pyridine rings is 1. The second-order valence-corrected chi connectivity index (χ2v) is 6.62. The summed E-state index contributed by atoms with van der Waals surface area (Å²) in [6, 6.07) is 11.3. The summed E-state index contributed by atoms with van der Waals surface area (Å²) in [5.41, 5.74) is 1.09. The molecule has 0 spiro atoms. The van der Waals surface area contributed by atoms with Gasteiger partial charge in [0.05, 0.1) is 6.61 Å². The first-order valence-corrected chi connectivity index (χ1v) is 10.1. The number of hydrogen-bond donors (Lipinski definition) is 2. The summed E-state index contributed by atoms with van der Waals surface area (Å²) in [4.78, 5) is 50.9. The Kier molecular flexibility index (Phi) is 10.1. The van der Waals surface area contributed by atoms with Gasteiger partial charge >= 0.3 is 12.1 Å². The highest BCUT2D eigenvalue weighted by Crippen LogP contribution is 2.05. The van der Waals surface area contributed by atoms with Crippen molar-refractivity contribution in [1.82, 2.24) is 10.6 Å². The largest absolute Gasteiger partial charge is 0.464 e. The monoisotopic (exact) mass is 461 g/mol. The lowest BCUT2D eigenvalue weighted by atomic mass is 10.1. The highest BCUT2D eigenvalue weighted by atomic mass is 16.9. The van der Waals surface area contributed by atoms with Gasteiger partial charge in [0.15, 0.2) is 12.4 Å². The Bertz CT molecular complexity index is 954. The van der Waals surface area contributed by atoms with Gasteiger partial charge in [-0.1, -0.05) is 30.3 Å². The third-order valence-corrected chi connectivity index (χ3v) is 4.20. The Hall–Kier alpha value is -4.22. The van der Waals surface area contributed by atoms with Crippen LogP contribution in [0.1, 0.15) is 22.8 Å². The molecule has 0 aliphatic rings. The normalized spacial score (nSPS) is 11.1. The van der Waals surface area contributed by atoms with E-state index < -0.39 is 29.1 Å². The Labute approximate surface area is 189 Å². The minimum atomic E-state index is -0.947.